The summed E-state index contributed by atoms with van der Waals surface area (Å²) in [5.74, 6) is 0.745. The van der Waals surface area contributed by atoms with Crippen LogP contribution in [0.5, 0.6) is 5.75 Å². The lowest BCUT2D eigenvalue weighted by molar-refractivity contribution is 0.0946. The first-order valence-corrected chi connectivity index (χ1v) is 8.03. The summed E-state index contributed by atoms with van der Waals surface area (Å²) in [6.45, 7) is 6.72. The van der Waals surface area contributed by atoms with Gasteiger partial charge in [0.1, 0.15) is 5.75 Å². The SMILES string of the molecule is CCCOc1cccc(C(=O)NCCN2CCCCC2)c1. The number of benzene rings is 1. The number of hydrogen-bond donors (Lipinski definition) is 1. The summed E-state index contributed by atoms with van der Waals surface area (Å²) in [6.07, 6.45) is 4.87. The number of nitrogens with one attached hydrogen (secondary N) is 1. The predicted octanol–water partition coefficient (Wildman–Crippen LogP) is 2.69. The smallest absolute Gasteiger partial charge is 0.251 e. The van der Waals surface area contributed by atoms with E-state index in [1.54, 1.807) is 0 Å². The fourth-order valence-corrected chi connectivity index (χ4v) is 2.56. The Balaban J connectivity index is 1.76. The lowest BCUT2D eigenvalue weighted by Gasteiger charge is -2.26. The number of amides is 1. The second-order valence-electron chi connectivity index (χ2n) is 5.53. The number of piperidine rings is 1. The van der Waals surface area contributed by atoms with Crippen molar-refractivity contribution in [3.05, 3.63) is 29.8 Å². The lowest BCUT2D eigenvalue weighted by atomic mass is 10.1. The zero-order valence-electron chi connectivity index (χ0n) is 12.9. The molecule has 0 unspecified atom stereocenters. The van der Waals surface area contributed by atoms with Crippen molar-refractivity contribution in [3.8, 4) is 5.75 Å². The van der Waals surface area contributed by atoms with E-state index in [9.17, 15) is 4.79 Å². The largest absolute Gasteiger partial charge is 0.494 e. The number of nitrogens with zero attached hydrogens (tertiary/aromatic N) is 1. The second-order valence-corrected chi connectivity index (χ2v) is 5.53. The van der Waals surface area contributed by atoms with Crippen LogP contribution in [0.2, 0.25) is 0 Å². The van der Waals surface area contributed by atoms with Gasteiger partial charge in [0.25, 0.3) is 5.91 Å². The van der Waals surface area contributed by atoms with E-state index in [0.717, 1.165) is 31.8 Å². The summed E-state index contributed by atoms with van der Waals surface area (Å²) in [7, 11) is 0. The summed E-state index contributed by atoms with van der Waals surface area (Å²) in [5, 5.41) is 2.99. The number of rotatable bonds is 7. The molecule has 1 aliphatic heterocycles. The third-order valence-electron chi connectivity index (χ3n) is 3.73. The Morgan fingerprint density at radius 1 is 1.29 bits per heavy atom. The molecule has 4 nitrogen and oxygen atoms in total. The van der Waals surface area contributed by atoms with Gasteiger partial charge in [-0.3, -0.25) is 4.79 Å². The molecule has 0 aliphatic carbocycles. The molecule has 1 aromatic carbocycles. The Morgan fingerprint density at radius 3 is 2.86 bits per heavy atom. The fourth-order valence-electron chi connectivity index (χ4n) is 2.56. The van der Waals surface area contributed by atoms with Crippen molar-refractivity contribution in [1.82, 2.24) is 10.2 Å². The van der Waals surface area contributed by atoms with Gasteiger partial charge in [-0.05, 0) is 50.6 Å². The van der Waals surface area contributed by atoms with E-state index in [2.05, 4.69) is 17.1 Å². The van der Waals surface area contributed by atoms with Gasteiger partial charge in [0.05, 0.1) is 6.61 Å². The Morgan fingerprint density at radius 2 is 2.10 bits per heavy atom. The standard InChI is InChI=1S/C17H26N2O2/c1-2-13-21-16-8-6-7-15(14-16)17(20)18-9-12-19-10-4-3-5-11-19/h6-8,14H,2-5,9-13H2,1H3,(H,18,20). The zero-order chi connectivity index (χ0) is 14.9. The minimum absolute atomic E-state index is 0.0195. The van der Waals surface area contributed by atoms with Gasteiger partial charge in [0.15, 0.2) is 0 Å². The van der Waals surface area contributed by atoms with Crippen molar-refractivity contribution >= 4 is 5.91 Å². The van der Waals surface area contributed by atoms with E-state index in [1.807, 2.05) is 24.3 Å². The van der Waals surface area contributed by atoms with Crippen LogP contribution in [0.25, 0.3) is 0 Å². The highest BCUT2D eigenvalue weighted by Gasteiger charge is 2.11. The highest BCUT2D eigenvalue weighted by atomic mass is 16.5. The summed E-state index contributed by atoms with van der Waals surface area (Å²) >= 11 is 0. The van der Waals surface area contributed by atoms with Crippen molar-refractivity contribution in [2.75, 3.05) is 32.8 Å². The Hall–Kier alpha value is -1.55. The van der Waals surface area contributed by atoms with Gasteiger partial charge in [-0.15, -0.1) is 0 Å². The first-order chi connectivity index (χ1) is 10.3. The lowest BCUT2D eigenvalue weighted by Crippen LogP contribution is -2.37. The molecule has 0 aromatic heterocycles. The van der Waals surface area contributed by atoms with E-state index < -0.39 is 0 Å². The molecule has 1 amide bonds. The van der Waals surface area contributed by atoms with E-state index in [-0.39, 0.29) is 5.91 Å². The van der Waals surface area contributed by atoms with Crippen LogP contribution in [0, 0.1) is 0 Å². The molecule has 0 radical (unpaired) electrons. The van der Waals surface area contributed by atoms with Gasteiger partial charge in [0.2, 0.25) is 0 Å². The molecule has 4 heteroatoms. The van der Waals surface area contributed by atoms with Crippen LogP contribution in [-0.2, 0) is 0 Å². The first-order valence-electron chi connectivity index (χ1n) is 8.03. The molecule has 0 saturated carbocycles. The molecular formula is C17H26N2O2. The van der Waals surface area contributed by atoms with Crippen LogP contribution < -0.4 is 10.1 Å². The molecule has 1 heterocycles. The Labute approximate surface area is 127 Å². The van der Waals surface area contributed by atoms with Crippen molar-refractivity contribution in [3.63, 3.8) is 0 Å². The number of hydrogen-bond acceptors (Lipinski definition) is 3. The first kappa shape index (κ1) is 15.8. The average Bonchev–Trinajstić information content (AvgIpc) is 2.54. The van der Waals surface area contributed by atoms with E-state index >= 15 is 0 Å². The highest BCUT2D eigenvalue weighted by Crippen LogP contribution is 2.13. The summed E-state index contributed by atoms with van der Waals surface area (Å²) < 4.78 is 5.56. The van der Waals surface area contributed by atoms with Crippen LogP contribution in [-0.4, -0.2) is 43.6 Å². The molecule has 0 spiro atoms. The Kier molecular flexibility index (Phi) is 6.54. The normalized spacial score (nSPS) is 15.7. The molecule has 0 atom stereocenters. The average molecular weight is 290 g/mol. The maximum absolute atomic E-state index is 12.1. The van der Waals surface area contributed by atoms with Crippen molar-refractivity contribution in [1.29, 1.82) is 0 Å². The van der Waals surface area contributed by atoms with Crippen LogP contribution in [0.4, 0.5) is 0 Å². The maximum Gasteiger partial charge on any atom is 0.251 e. The minimum atomic E-state index is -0.0195. The predicted molar refractivity (Wildman–Crippen MR) is 84.9 cm³/mol. The molecule has 0 bridgehead atoms. The highest BCUT2D eigenvalue weighted by molar-refractivity contribution is 5.94. The zero-order valence-corrected chi connectivity index (χ0v) is 12.9. The van der Waals surface area contributed by atoms with Gasteiger partial charge >= 0.3 is 0 Å². The number of carbonyl (C=O) groups excluding carboxylic acids is 1. The molecule has 1 fully saturated rings. The third-order valence-corrected chi connectivity index (χ3v) is 3.73. The van der Waals surface area contributed by atoms with E-state index in [1.165, 1.54) is 19.3 Å². The molecule has 1 aliphatic rings. The summed E-state index contributed by atoms with van der Waals surface area (Å²) in [5.41, 5.74) is 0.669. The minimum Gasteiger partial charge on any atom is -0.494 e. The molecule has 2 rings (SSSR count). The quantitative estimate of drug-likeness (QED) is 0.839. The number of likely N-dealkylation sites (tertiary alicyclic amines) is 1. The fraction of sp³-hybridized carbons (Fsp3) is 0.588. The van der Waals surface area contributed by atoms with Crippen molar-refractivity contribution in [2.45, 2.75) is 32.6 Å². The summed E-state index contributed by atoms with van der Waals surface area (Å²) in [6, 6.07) is 7.39. The number of carbonyl (C=O) groups is 1. The molecule has 116 valence electrons. The molecule has 1 aromatic rings. The van der Waals surface area contributed by atoms with Crippen LogP contribution in [0.3, 0.4) is 0 Å². The Bertz CT molecular complexity index is 442. The van der Waals surface area contributed by atoms with Gasteiger partial charge < -0.3 is 15.0 Å². The van der Waals surface area contributed by atoms with E-state index in [0.29, 0.717) is 18.7 Å². The molecule has 21 heavy (non-hydrogen) atoms. The van der Waals surface area contributed by atoms with Crippen molar-refractivity contribution < 1.29 is 9.53 Å². The van der Waals surface area contributed by atoms with Crippen LogP contribution in [0.15, 0.2) is 24.3 Å². The van der Waals surface area contributed by atoms with Crippen LogP contribution in [0.1, 0.15) is 43.0 Å². The monoisotopic (exact) mass is 290 g/mol. The van der Waals surface area contributed by atoms with Gasteiger partial charge in [-0.2, -0.15) is 0 Å². The van der Waals surface area contributed by atoms with E-state index in [4.69, 9.17) is 4.74 Å². The number of ether oxygens (including phenoxy) is 1. The maximum atomic E-state index is 12.1. The molecule has 1 saturated heterocycles. The topological polar surface area (TPSA) is 41.6 Å². The van der Waals surface area contributed by atoms with Crippen LogP contribution >= 0.6 is 0 Å². The van der Waals surface area contributed by atoms with Crippen molar-refractivity contribution in [2.24, 2.45) is 0 Å². The second kappa shape index (κ2) is 8.67. The van der Waals surface area contributed by atoms with Gasteiger partial charge in [-0.1, -0.05) is 19.4 Å². The van der Waals surface area contributed by atoms with Gasteiger partial charge in [0, 0.05) is 18.7 Å². The molecule has 1 N–H and O–H groups in total. The summed E-state index contributed by atoms with van der Waals surface area (Å²) in [4.78, 5) is 14.5. The third kappa shape index (κ3) is 5.38. The molecular weight excluding hydrogens is 264 g/mol. The van der Waals surface area contributed by atoms with Gasteiger partial charge in [-0.25, -0.2) is 0 Å².